The molecule has 2 aromatic rings. The summed E-state index contributed by atoms with van der Waals surface area (Å²) in [5, 5.41) is 0. The Morgan fingerprint density at radius 3 is 3.18 bits per heavy atom. The van der Waals surface area contributed by atoms with Gasteiger partial charge in [-0.3, -0.25) is 4.79 Å². The lowest BCUT2D eigenvalue weighted by molar-refractivity contribution is 0.110. The van der Waals surface area contributed by atoms with Crippen molar-refractivity contribution in [2.24, 2.45) is 0 Å². The van der Waals surface area contributed by atoms with Gasteiger partial charge in [-0.2, -0.15) is 0 Å². The van der Waals surface area contributed by atoms with Crippen LogP contribution in [0.25, 0.3) is 5.65 Å². The first-order valence-electron chi connectivity index (χ1n) is 5.89. The van der Waals surface area contributed by atoms with Crippen molar-refractivity contribution in [2.45, 2.75) is 25.4 Å². The second-order valence-electron chi connectivity index (χ2n) is 4.42. The Morgan fingerprint density at radius 2 is 2.41 bits per heavy atom. The number of nitrogens with zero attached hydrogens (tertiary/aromatic N) is 2. The fourth-order valence-electron chi connectivity index (χ4n) is 2.27. The molecule has 88 valence electrons. The molecule has 0 aliphatic carbocycles. The van der Waals surface area contributed by atoms with Gasteiger partial charge in [0.25, 0.3) is 0 Å². The predicted octanol–water partition coefficient (Wildman–Crippen LogP) is 1.87. The Hall–Kier alpha value is -1.68. The van der Waals surface area contributed by atoms with E-state index < -0.39 is 0 Å². The van der Waals surface area contributed by atoms with Crippen LogP contribution in [0.3, 0.4) is 0 Å². The van der Waals surface area contributed by atoms with Crippen LogP contribution in [0.4, 0.5) is 0 Å². The molecule has 1 fully saturated rings. The molecule has 1 aliphatic rings. The number of hydrogen-bond acceptors (Lipinski definition) is 3. The highest BCUT2D eigenvalue weighted by atomic mass is 16.5. The molecule has 17 heavy (non-hydrogen) atoms. The Labute approximate surface area is 99.2 Å². The number of fused-ring (bicyclic) bond motifs is 1. The Bertz CT molecular complexity index is 541. The average molecular weight is 230 g/mol. The Kier molecular flexibility index (Phi) is 2.65. The minimum Gasteiger partial charge on any atom is -0.378 e. The summed E-state index contributed by atoms with van der Waals surface area (Å²) < 4.78 is 7.49. The first kappa shape index (κ1) is 10.5. The van der Waals surface area contributed by atoms with Gasteiger partial charge in [0.15, 0.2) is 6.29 Å². The molecule has 1 atom stereocenters. The van der Waals surface area contributed by atoms with Crippen molar-refractivity contribution >= 4 is 11.9 Å². The molecular formula is C13H14N2O2. The fraction of sp³-hybridized carbons (Fsp3) is 0.385. The van der Waals surface area contributed by atoms with Gasteiger partial charge >= 0.3 is 0 Å². The average Bonchev–Trinajstić information content (AvgIpc) is 2.96. The zero-order valence-corrected chi connectivity index (χ0v) is 9.50. The number of ether oxygens (including phenoxy) is 1. The topological polar surface area (TPSA) is 43.6 Å². The van der Waals surface area contributed by atoms with E-state index in [9.17, 15) is 4.79 Å². The molecular weight excluding hydrogens is 216 g/mol. The maximum Gasteiger partial charge on any atom is 0.151 e. The molecule has 0 N–H and O–H groups in total. The summed E-state index contributed by atoms with van der Waals surface area (Å²) in [5.74, 6) is 0. The maximum absolute atomic E-state index is 10.7. The van der Waals surface area contributed by atoms with Gasteiger partial charge in [0.2, 0.25) is 0 Å². The molecule has 3 heterocycles. The van der Waals surface area contributed by atoms with Crippen LogP contribution in [0.5, 0.6) is 0 Å². The molecule has 3 rings (SSSR count). The summed E-state index contributed by atoms with van der Waals surface area (Å²) in [7, 11) is 0. The number of imidazole rings is 1. The quantitative estimate of drug-likeness (QED) is 0.756. The molecule has 0 bridgehead atoms. The van der Waals surface area contributed by atoms with Crippen molar-refractivity contribution in [3.8, 4) is 0 Å². The van der Waals surface area contributed by atoms with Crippen molar-refractivity contribution in [1.82, 2.24) is 9.38 Å². The van der Waals surface area contributed by atoms with Crippen molar-refractivity contribution in [3.63, 3.8) is 0 Å². The summed E-state index contributed by atoms with van der Waals surface area (Å²) in [4.78, 5) is 15.2. The maximum atomic E-state index is 10.7. The minimum atomic E-state index is 0.311. The smallest absolute Gasteiger partial charge is 0.151 e. The van der Waals surface area contributed by atoms with Crippen LogP contribution in [-0.4, -0.2) is 28.4 Å². The van der Waals surface area contributed by atoms with Gasteiger partial charge in [0.1, 0.15) is 5.65 Å². The van der Waals surface area contributed by atoms with E-state index in [1.807, 2.05) is 16.7 Å². The lowest BCUT2D eigenvalue weighted by Crippen LogP contribution is -2.08. The van der Waals surface area contributed by atoms with E-state index in [1.165, 1.54) is 0 Å². The Balaban J connectivity index is 1.87. The third kappa shape index (κ3) is 2.08. The summed E-state index contributed by atoms with van der Waals surface area (Å²) in [6.45, 7) is 0.868. The minimum absolute atomic E-state index is 0.311. The summed E-state index contributed by atoms with van der Waals surface area (Å²) in [6.07, 6.45) is 8.06. The third-order valence-electron chi connectivity index (χ3n) is 3.12. The van der Waals surface area contributed by atoms with Gasteiger partial charge in [-0.1, -0.05) is 0 Å². The normalized spacial score (nSPS) is 19.9. The van der Waals surface area contributed by atoms with Crippen molar-refractivity contribution < 1.29 is 9.53 Å². The highest BCUT2D eigenvalue weighted by Gasteiger charge is 2.17. The Morgan fingerprint density at radius 1 is 1.47 bits per heavy atom. The van der Waals surface area contributed by atoms with Crippen molar-refractivity contribution in [1.29, 1.82) is 0 Å². The molecule has 1 aliphatic heterocycles. The third-order valence-corrected chi connectivity index (χ3v) is 3.12. The lowest BCUT2D eigenvalue weighted by Gasteiger charge is -2.05. The van der Waals surface area contributed by atoms with E-state index in [4.69, 9.17) is 4.74 Å². The van der Waals surface area contributed by atoms with E-state index in [-0.39, 0.29) is 0 Å². The number of carbonyl (C=O) groups excluding carboxylic acids is 1. The summed E-state index contributed by atoms with van der Waals surface area (Å²) >= 11 is 0. The molecule has 0 spiro atoms. The largest absolute Gasteiger partial charge is 0.378 e. The molecule has 0 amide bonds. The van der Waals surface area contributed by atoms with Gasteiger partial charge in [-0.05, 0) is 25.0 Å². The number of aromatic nitrogens is 2. The van der Waals surface area contributed by atoms with Crippen molar-refractivity contribution in [2.75, 3.05) is 6.61 Å². The van der Waals surface area contributed by atoms with Crippen molar-refractivity contribution in [3.05, 3.63) is 35.8 Å². The van der Waals surface area contributed by atoms with Gasteiger partial charge < -0.3 is 9.14 Å². The molecule has 2 aromatic heterocycles. The molecule has 0 saturated carbocycles. The molecule has 4 nitrogen and oxygen atoms in total. The molecule has 1 saturated heterocycles. The van der Waals surface area contributed by atoms with Crippen LogP contribution < -0.4 is 0 Å². The summed E-state index contributed by atoms with van der Waals surface area (Å²) in [5.41, 5.74) is 2.57. The van der Waals surface area contributed by atoms with Gasteiger partial charge in [0.05, 0.1) is 11.8 Å². The molecule has 4 heteroatoms. The fourth-order valence-corrected chi connectivity index (χ4v) is 2.27. The second kappa shape index (κ2) is 4.30. The van der Waals surface area contributed by atoms with Crippen LogP contribution in [-0.2, 0) is 11.2 Å². The first-order valence-corrected chi connectivity index (χ1v) is 5.89. The van der Waals surface area contributed by atoms with E-state index in [0.29, 0.717) is 11.7 Å². The highest BCUT2D eigenvalue weighted by molar-refractivity contribution is 5.74. The summed E-state index contributed by atoms with van der Waals surface area (Å²) in [6, 6.07) is 3.65. The number of rotatable bonds is 3. The number of carbonyl (C=O) groups is 1. The number of aldehydes is 1. The van der Waals surface area contributed by atoms with E-state index in [0.717, 1.165) is 43.5 Å². The van der Waals surface area contributed by atoms with Gasteiger partial charge in [0, 0.05) is 31.0 Å². The molecule has 0 radical (unpaired) electrons. The molecule has 0 aromatic carbocycles. The number of pyridine rings is 1. The van der Waals surface area contributed by atoms with E-state index in [1.54, 1.807) is 12.3 Å². The second-order valence-corrected chi connectivity index (χ2v) is 4.42. The van der Waals surface area contributed by atoms with E-state index in [2.05, 4.69) is 4.98 Å². The monoisotopic (exact) mass is 230 g/mol. The van der Waals surface area contributed by atoms with E-state index >= 15 is 0 Å². The highest BCUT2D eigenvalue weighted by Crippen LogP contribution is 2.17. The molecule has 1 unspecified atom stereocenters. The first-order chi connectivity index (χ1) is 8.35. The predicted molar refractivity (Wildman–Crippen MR) is 63.3 cm³/mol. The SMILES string of the molecule is O=Cc1ccc2nc(CC3CCCO3)cn2c1. The zero-order chi connectivity index (χ0) is 11.7. The van der Waals surface area contributed by atoms with Crippen LogP contribution >= 0.6 is 0 Å². The zero-order valence-electron chi connectivity index (χ0n) is 9.50. The van der Waals surface area contributed by atoms with Gasteiger partial charge in [-0.25, -0.2) is 4.98 Å². The van der Waals surface area contributed by atoms with Crippen LogP contribution in [0.15, 0.2) is 24.5 Å². The van der Waals surface area contributed by atoms with Crippen LogP contribution in [0, 0.1) is 0 Å². The standard InChI is InChI=1S/C13H14N2O2/c16-9-10-3-4-13-14-11(8-15(13)7-10)6-12-2-1-5-17-12/h3-4,7-9,12H,1-2,5-6H2. The van der Waals surface area contributed by atoms with Gasteiger partial charge in [-0.15, -0.1) is 0 Å². The lowest BCUT2D eigenvalue weighted by atomic mass is 10.1. The number of hydrogen-bond donors (Lipinski definition) is 0. The van der Waals surface area contributed by atoms with Crippen LogP contribution in [0.2, 0.25) is 0 Å². The van der Waals surface area contributed by atoms with Crippen LogP contribution in [0.1, 0.15) is 28.9 Å².